The molecule has 0 bridgehead atoms. The summed E-state index contributed by atoms with van der Waals surface area (Å²) in [5.41, 5.74) is 0. The van der Waals surface area contributed by atoms with E-state index in [9.17, 15) is 0 Å². The lowest BCUT2D eigenvalue weighted by Crippen LogP contribution is -2.43. The highest BCUT2D eigenvalue weighted by Crippen LogP contribution is 2.38. The lowest BCUT2D eigenvalue weighted by Gasteiger charge is -2.33. The Labute approximate surface area is 114 Å². The average Bonchev–Trinajstić information content (AvgIpc) is 3.20. The van der Waals surface area contributed by atoms with Gasteiger partial charge in [0.05, 0.1) is 6.54 Å². The first-order valence-corrected chi connectivity index (χ1v) is 7.64. The van der Waals surface area contributed by atoms with E-state index in [4.69, 9.17) is 4.52 Å². The Morgan fingerprint density at radius 3 is 2.74 bits per heavy atom. The molecule has 1 saturated heterocycles. The Hall–Kier alpha value is -0.940. The number of piperidine rings is 1. The van der Waals surface area contributed by atoms with Crippen molar-refractivity contribution in [3.63, 3.8) is 0 Å². The van der Waals surface area contributed by atoms with Crippen molar-refractivity contribution < 1.29 is 4.52 Å². The highest BCUT2D eigenvalue weighted by molar-refractivity contribution is 5.01. The summed E-state index contributed by atoms with van der Waals surface area (Å²) >= 11 is 0. The first-order chi connectivity index (χ1) is 9.36. The molecule has 5 nitrogen and oxygen atoms in total. The third-order valence-electron chi connectivity index (χ3n) is 4.09. The molecule has 1 aromatic rings. The van der Waals surface area contributed by atoms with Gasteiger partial charge < -0.3 is 9.84 Å². The second-order valence-corrected chi connectivity index (χ2v) is 5.77. The largest absolute Gasteiger partial charge is 0.339 e. The van der Waals surface area contributed by atoms with E-state index in [2.05, 4.69) is 27.3 Å². The van der Waals surface area contributed by atoms with Gasteiger partial charge in [0.1, 0.15) is 0 Å². The maximum atomic E-state index is 5.35. The van der Waals surface area contributed by atoms with Crippen LogP contribution in [0.4, 0.5) is 0 Å². The molecule has 0 amide bonds. The first-order valence-electron chi connectivity index (χ1n) is 7.64. The third kappa shape index (κ3) is 3.34. The summed E-state index contributed by atoms with van der Waals surface area (Å²) < 4.78 is 5.35. The van der Waals surface area contributed by atoms with Gasteiger partial charge in [0.25, 0.3) is 0 Å². The van der Waals surface area contributed by atoms with Crippen molar-refractivity contribution in [3.8, 4) is 0 Å². The smallest absolute Gasteiger partial charge is 0.229 e. The fourth-order valence-corrected chi connectivity index (χ4v) is 2.86. The molecular weight excluding hydrogens is 240 g/mol. The SMILES string of the molecule is CCCN(Cc1noc(C2CC2)n1)C1CCNCC1. The second-order valence-electron chi connectivity index (χ2n) is 5.77. The van der Waals surface area contributed by atoms with E-state index in [1.807, 2.05) is 0 Å². The molecule has 1 aliphatic heterocycles. The fourth-order valence-electron chi connectivity index (χ4n) is 2.86. The topological polar surface area (TPSA) is 54.2 Å². The van der Waals surface area contributed by atoms with E-state index in [0.717, 1.165) is 37.9 Å². The average molecular weight is 264 g/mol. The van der Waals surface area contributed by atoms with Gasteiger partial charge in [-0.1, -0.05) is 12.1 Å². The summed E-state index contributed by atoms with van der Waals surface area (Å²) in [5.74, 6) is 2.28. The summed E-state index contributed by atoms with van der Waals surface area (Å²) in [5, 5.41) is 7.58. The predicted octanol–water partition coefficient (Wildman–Crippen LogP) is 1.91. The number of hydrogen-bond donors (Lipinski definition) is 1. The monoisotopic (exact) mass is 264 g/mol. The van der Waals surface area contributed by atoms with Crippen LogP contribution in [0.25, 0.3) is 0 Å². The highest BCUT2D eigenvalue weighted by Gasteiger charge is 2.30. The Kier molecular flexibility index (Phi) is 4.13. The number of rotatable bonds is 6. The Morgan fingerprint density at radius 2 is 2.05 bits per heavy atom. The van der Waals surface area contributed by atoms with Gasteiger partial charge >= 0.3 is 0 Å². The van der Waals surface area contributed by atoms with Crippen molar-refractivity contribution in [2.24, 2.45) is 0 Å². The van der Waals surface area contributed by atoms with Gasteiger partial charge in [0, 0.05) is 12.0 Å². The molecule has 2 aliphatic rings. The molecule has 0 aromatic carbocycles. The maximum Gasteiger partial charge on any atom is 0.229 e. The number of nitrogens with one attached hydrogen (secondary N) is 1. The van der Waals surface area contributed by atoms with Gasteiger partial charge in [0.2, 0.25) is 5.89 Å². The van der Waals surface area contributed by atoms with Crippen molar-refractivity contribution in [1.82, 2.24) is 20.4 Å². The molecule has 106 valence electrons. The molecule has 1 aromatic heterocycles. The lowest BCUT2D eigenvalue weighted by molar-refractivity contribution is 0.149. The number of nitrogens with zero attached hydrogens (tertiary/aromatic N) is 3. The van der Waals surface area contributed by atoms with Gasteiger partial charge in [-0.2, -0.15) is 4.98 Å². The molecule has 2 heterocycles. The van der Waals surface area contributed by atoms with E-state index < -0.39 is 0 Å². The quantitative estimate of drug-likeness (QED) is 0.850. The third-order valence-corrected chi connectivity index (χ3v) is 4.09. The van der Waals surface area contributed by atoms with Crippen molar-refractivity contribution in [2.45, 2.75) is 57.5 Å². The Morgan fingerprint density at radius 1 is 1.26 bits per heavy atom. The molecule has 0 radical (unpaired) electrons. The van der Waals surface area contributed by atoms with Gasteiger partial charge in [0.15, 0.2) is 5.82 Å². The minimum absolute atomic E-state index is 0.555. The van der Waals surface area contributed by atoms with Crippen molar-refractivity contribution in [2.75, 3.05) is 19.6 Å². The fraction of sp³-hybridized carbons (Fsp3) is 0.857. The van der Waals surface area contributed by atoms with Crippen molar-refractivity contribution in [1.29, 1.82) is 0 Å². The van der Waals surface area contributed by atoms with Crippen LogP contribution >= 0.6 is 0 Å². The van der Waals surface area contributed by atoms with Crippen LogP contribution in [0, 0.1) is 0 Å². The highest BCUT2D eigenvalue weighted by atomic mass is 16.5. The summed E-state index contributed by atoms with van der Waals surface area (Å²) in [6, 6.07) is 0.670. The van der Waals surface area contributed by atoms with E-state index in [1.165, 1.54) is 32.1 Å². The molecule has 3 rings (SSSR count). The van der Waals surface area contributed by atoms with Crippen LogP contribution in [0.2, 0.25) is 0 Å². The Bertz CT molecular complexity index is 396. The molecular formula is C14H24N4O. The predicted molar refractivity (Wildman–Crippen MR) is 72.9 cm³/mol. The zero-order valence-electron chi connectivity index (χ0n) is 11.8. The second kappa shape index (κ2) is 6.01. The summed E-state index contributed by atoms with van der Waals surface area (Å²) in [4.78, 5) is 7.08. The van der Waals surface area contributed by atoms with Crippen LogP contribution in [0.5, 0.6) is 0 Å². The zero-order valence-corrected chi connectivity index (χ0v) is 11.8. The van der Waals surface area contributed by atoms with Crippen LogP contribution in [-0.2, 0) is 6.54 Å². The van der Waals surface area contributed by atoms with E-state index in [1.54, 1.807) is 0 Å². The Balaban J connectivity index is 1.61. The summed E-state index contributed by atoms with van der Waals surface area (Å²) in [6.07, 6.45) is 6.07. The first kappa shape index (κ1) is 13.1. The van der Waals surface area contributed by atoms with Crippen molar-refractivity contribution in [3.05, 3.63) is 11.7 Å². The number of hydrogen-bond acceptors (Lipinski definition) is 5. The molecule has 1 aliphatic carbocycles. The van der Waals surface area contributed by atoms with E-state index in [-0.39, 0.29) is 0 Å². The minimum Gasteiger partial charge on any atom is -0.339 e. The molecule has 1 saturated carbocycles. The molecule has 0 spiro atoms. The van der Waals surface area contributed by atoms with Crippen molar-refractivity contribution >= 4 is 0 Å². The van der Waals surface area contributed by atoms with E-state index in [0.29, 0.717) is 12.0 Å². The summed E-state index contributed by atoms with van der Waals surface area (Å²) in [6.45, 7) is 6.46. The molecule has 2 fully saturated rings. The molecule has 5 heteroatoms. The molecule has 19 heavy (non-hydrogen) atoms. The number of aromatic nitrogens is 2. The summed E-state index contributed by atoms with van der Waals surface area (Å²) in [7, 11) is 0. The van der Waals surface area contributed by atoms with Gasteiger partial charge in [-0.25, -0.2) is 0 Å². The van der Waals surface area contributed by atoms with Gasteiger partial charge in [-0.15, -0.1) is 0 Å². The maximum absolute atomic E-state index is 5.35. The molecule has 0 unspecified atom stereocenters. The van der Waals surface area contributed by atoms with Crippen LogP contribution in [0.15, 0.2) is 4.52 Å². The zero-order chi connectivity index (χ0) is 13.1. The minimum atomic E-state index is 0.555. The lowest BCUT2D eigenvalue weighted by atomic mass is 10.0. The van der Waals surface area contributed by atoms with Crippen LogP contribution in [0.1, 0.15) is 56.7 Å². The molecule has 1 N–H and O–H groups in total. The van der Waals surface area contributed by atoms with Crippen LogP contribution in [-0.4, -0.2) is 40.7 Å². The van der Waals surface area contributed by atoms with E-state index >= 15 is 0 Å². The van der Waals surface area contributed by atoms with Crippen LogP contribution in [0.3, 0.4) is 0 Å². The molecule has 0 atom stereocenters. The normalized spacial score (nSPS) is 21.2. The van der Waals surface area contributed by atoms with Gasteiger partial charge in [-0.05, 0) is 51.7 Å². The van der Waals surface area contributed by atoms with Gasteiger partial charge in [-0.3, -0.25) is 4.90 Å². The standard InChI is InChI=1S/C14H24N4O/c1-2-9-18(12-5-7-15-8-6-12)10-13-16-14(19-17-13)11-3-4-11/h11-12,15H,2-10H2,1H3. The van der Waals surface area contributed by atoms with Crippen LogP contribution < -0.4 is 5.32 Å².